The van der Waals surface area contributed by atoms with Crippen LogP contribution in [-0.2, 0) is 11.3 Å². The number of ether oxygens (including phenoxy) is 1. The summed E-state index contributed by atoms with van der Waals surface area (Å²) in [5.41, 5.74) is 4.24. The van der Waals surface area contributed by atoms with E-state index in [2.05, 4.69) is 16.7 Å². The van der Waals surface area contributed by atoms with Crippen LogP contribution < -0.4 is 15.4 Å². The largest absolute Gasteiger partial charge is 0.496 e. The Balaban J connectivity index is 1.76. The van der Waals surface area contributed by atoms with E-state index < -0.39 is 0 Å². The average Bonchev–Trinajstić information content (AvgIpc) is 2.51. The number of methoxy groups -OCH3 is 1. The van der Waals surface area contributed by atoms with Crippen molar-refractivity contribution >= 4 is 11.6 Å². The number of hydrogen-bond donors (Lipinski definition) is 2. The number of carbonyl (C=O) groups is 1. The van der Waals surface area contributed by atoms with Crippen molar-refractivity contribution in [2.75, 3.05) is 19.0 Å². The molecule has 2 aromatic rings. The number of anilines is 1. The molecule has 2 aromatic carbocycles. The third-order valence-electron chi connectivity index (χ3n) is 3.54. The SMILES string of the molecule is COc1ccccc1CNCCC(=O)Nc1cc(C)cc(C)c1. The van der Waals surface area contributed by atoms with Crippen molar-refractivity contribution in [3.8, 4) is 5.75 Å². The summed E-state index contributed by atoms with van der Waals surface area (Å²) < 4.78 is 5.31. The summed E-state index contributed by atoms with van der Waals surface area (Å²) in [6.45, 7) is 5.35. The monoisotopic (exact) mass is 312 g/mol. The summed E-state index contributed by atoms with van der Waals surface area (Å²) in [7, 11) is 1.66. The van der Waals surface area contributed by atoms with Crippen LogP contribution in [0.4, 0.5) is 5.69 Å². The number of rotatable bonds is 7. The Morgan fingerprint density at radius 2 is 1.78 bits per heavy atom. The van der Waals surface area contributed by atoms with Gasteiger partial charge in [0.05, 0.1) is 7.11 Å². The van der Waals surface area contributed by atoms with Gasteiger partial charge >= 0.3 is 0 Å². The minimum Gasteiger partial charge on any atom is -0.496 e. The second kappa shape index (κ2) is 8.34. The van der Waals surface area contributed by atoms with E-state index in [1.54, 1.807) is 7.11 Å². The average molecular weight is 312 g/mol. The van der Waals surface area contributed by atoms with Crippen molar-refractivity contribution in [2.45, 2.75) is 26.8 Å². The number of amides is 1. The number of para-hydroxylation sites is 1. The first-order valence-corrected chi connectivity index (χ1v) is 7.79. The summed E-state index contributed by atoms with van der Waals surface area (Å²) in [4.78, 5) is 12.0. The molecule has 23 heavy (non-hydrogen) atoms. The van der Waals surface area contributed by atoms with E-state index >= 15 is 0 Å². The number of aryl methyl sites for hydroxylation is 2. The zero-order valence-corrected chi connectivity index (χ0v) is 14.0. The van der Waals surface area contributed by atoms with Gasteiger partial charge < -0.3 is 15.4 Å². The van der Waals surface area contributed by atoms with E-state index in [1.807, 2.05) is 50.2 Å². The molecule has 0 bridgehead atoms. The molecule has 0 heterocycles. The maximum Gasteiger partial charge on any atom is 0.225 e. The molecule has 0 aliphatic carbocycles. The molecule has 0 saturated carbocycles. The molecular weight excluding hydrogens is 288 g/mol. The summed E-state index contributed by atoms with van der Waals surface area (Å²) in [6, 6.07) is 13.9. The summed E-state index contributed by atoms with van der Waals surface area (Å²) in [5, 5.41) is 6.22. The predicted molar refractivity (Wildman–Crippen MR) is 93.9 cm³/mol. The smallest absolute Gasteiger partial charge is 0.225 e. The third-order valence-corrected chi connectivity index (χ3v) is 3.54. The molecular formula is C19H24N2O2. The quantitative estimate of drug-likeness (QED) is 0.770. The molecule has 0 spiro atoms. The highest BCUT2D eigenvalue weighted by molar-refractivity contribution is 5.91. The Hall–Kier alpha value is -2.33. The van der Waals surface area contributed by atoms with Crippen molar-refractivity contribution < 1.29 is 9.53 Å². The van der Waals surface area contributed by atoms with Crippen LogP contribution in [0.1, 0.15) is 23.1 Å². The molecule has 2 N–H and O–H groups in total. The van der Waals surface area contributed by atoms with Gasteiger partial charge in [0.1, 0.15) is 5.75 Å². The zero-order chi connectivity index (χ0) is 16.7. The second-order valence-corrected chi connectivity index (χ2v) is 5.66. The number of carbonyl (C=O) groups excluding carboxylic acids is 1. The Bertz CT molecular complexity index is 648. The fourth-order valence-electron chi connectivity index (χ4n) is 2.54. The van der Waals surface area contributed by atoms with Crippen molar-refractivity contribution in [3.05, 3.63) is 59.2 Å². The van der Waals surface area contributed by atoms with Crippen molar-refractivity contribution in [2.24, 2.45) is 0 Å². The molecule has 0 aromatic heterocycles. The Morgan fingerprint density at radius 3 is 2.48 bits per heavy atom. The van der Waals surface area contributed by atoms with E-state index in [9.17, 15) is 4.79 Å². The molecule has 122 valence electrons. The molecule has 4 nitrogen and oxygen atoms in total. The lowest BCUT2D eigenvalue weighted by molar-refractivity contribution is -0.116. The van der Waals surface area contributed by atoms with Crippen molar-refractivity contribution in [1.82, 2.24) is 5.32 Å². The molecule has 4 heteroatoms. The lowest BCUT2D eigenvalue weighted by Crippen LogP contribution is -2.21. The number of hydrogen-bond acceptors (Lipinski definition) is 3. The van der Waals surface area contributed by atoms with Crippen LogP contribution in [0.15, 0.2) is 42.5 Å². The summed E-state index contributed by atoms with van der Waals surface area (Å²) in [6.07, 6.45) is 0.433. The highest BCUT2D eigenvalue weighted by Crippen LogP contribution is 2.16. The molecule has 0 fully saturated rings. The van der Waals surface area contributed by atoms with Gasteiger partial charge in [0.2, 0.25) is 5.91 Å². The number of nitrogens with one attached hydrogen (secondary N) is 2. The van der Waals surface area contributed by atoms with Gasteiger partial charge in [0.15, 0.2) is 0 Å². The first-order valence-electron chi connectivity index (χ1n) is 7.79. The first-order chi connectivity index (χ1) is 11.1. The molecule has 2 rings (SSSR count). The topological polar surface area (TPSA) is 50.4 Å². The summed E-state index contributed by atoms with van der Waals surface area (Å²) >= 11 is 0. The van der Waals surface area contributed by atoms with E-state index in [0.29, 0.717) is 19.5 Å². The minimum absolute atomic E-state index is 0.0162. The number of benzene rings is 2. The van der Waals surface area contributed by atoms with E-state index in [4.69, 9.17) is 4.74 Å². The maximum absolute atomic E-state index is 12.0. The minimum atomic E-state index is 0.0162. The molecule has 0 radical (unpaired) electrons. The van der Waals surface area contributed by atoms with Gasteiger partial charge in [-0.1, -0.05) is 24.3 Å². The van der Waals surface area contributed by atoms with Gasteiger partial charge in [0, 0.05) is 30.8 Å². The normalized spacial score (nSPS) is 10.4. The maximum atomic E-state index is 12.0. The van der Waals surface area contributed by atoms with Gasteiger partial charge in [-0.3, -0.25) is 4.79 Å². The molecule has 1 amide bonds. The fraction of sp³-hybridized carbons (Fsp3) is 0.316. The Kier molecular flexibility index (Phi) is 6.18. The Labute approximate surface area is 137 Å². The van der Waals surface area contributed by atoms with Crippen LogP contribution in [0.5, 0.6) is 5.75 Å². The third kappa shape index (κ3) is 5.42. The van der Waals surface area contributed by atoms with Crippen LogP contribution in [0, 0.1) is 13.8 Å². The van der Waals surface area contributed by atoms with Gasteiger partial charge in [0.25, 0.3) is 0 Å². The standard InChI is InChI=1S/C19H24N2O2/c1-14-10-15(2)12-17(11-14)21-19(22)8-9-20-13-16-6-4-5-7-18(16)23-3/h4-7,10-12,20H,8-9,13H2,1-3H3,(H,21,22). The van der Waals surface area contributed by atoms with Gasteiger partial charge in [-0.15, -0.1) is 0 Å². The molecule has 0 unspecified atom stereocenters. The van der Waals surface area contributed by atoms with E-state index in [-0.39, 0.29) is 5.91 Å². The van der Waals surface area contributed by atoms with Gasteiger partial charge in [-0.25, -0.2) is 0 Å². The first kappa shape index (κ1) is 17.0. The van der Waals surface area contributed by atoms with Crippen LogP contribution in [-0.4, -0.2) is 19.6 Å². The predicted octanol–water partition coefficient (Wildman–Crippen LogP) is 3.43. The fourth-order valence-corrected chi connectivity index (χ4v) is 2.54. The van der Waals surface area contributed by atoms with Gasteiger partial charge in [-0.05, 0) is 43.2 Å². The second-order valence-electron chi connectivity index (χ2n) is 5.66. The van der Waals surface area contributed by atoms with Crippen LogP contribution >= 0.6 is 0 Å². The molecule has 0 aliphatic rings. The lowest BCUT2D eigenvalue weighted by atomic mass is 10.1. The van der Waals surface area contributed by atoms with Crippen molar-refractivity contribution in [3.63, 3.8) is 0 Å². The highest BCUT2D eigenvalue weighted by atomic mass is 16.5. The summed E-state index contributed by atoms with van der Waals surface area (Å²) in [5.74, 6) is 0.877. The van der Waals surface area contributed by atoms with E-state index in [0.717, 1.165) is 28.1 Å². The molecule has 0 saturated heterocycles. The molecule has 0 aliphatic heterocycles. The lowest BCUT2D eigenvalue weighted by Gasteiger charge is -2.10. The van der Waals surface area contributed by atoms with Crippen LogP contribution in [0.2, 0.25) is 0 Å². The van der Waals surface area contributed by atoms with Gasteiger partial charge in [-0.2, -0.15) is 0 Å². The van der Waals surface area contributed by atoms with Crippen LogP contribution in [0.25, 0.3) is 0 Å². The Morgan fingerprint density at radius 1 is 1.09 bits per heavy atom. The van der Waals surface area contributed by atoms with E-state index in [1.165, 1.54) is 0 Å². The highest BCUT2D eigenvalue weighted by Gasteiger charge is 2.04. The zero-order valence-electron chi connectivity index (χ0n) is 14.0. The van der Waals surface area contributed by atoms with Crippen LogP contribution in [0.3, 0.4) is 0 Å². The molecule has 0 atom stereocenters. The van der Waals surface area contributed by atoms with Crippen molar-refractivity contribution in [1.29, 1.82) is 0 Å².